The van der Waals surface area contributed by atoms with E-state index in [1.807, 2.05) is 0 Å². The van der Waals surface area contributed by atoms with E-state index in [9.17, 15) is 9.59 Å². The van der Waals surface area contributed by atoms with Crippen molar-refractivity contribution < 1.29 is 9.15 Å². The molecular weight excluding hydrogens is 248 g/mol. The van der Waals surface area contributed by atoms with Crippen molar-refractivity contribution in [1.82, 2.24) is 9.55 Å². The third-order valence-electron chi connectivity index (χ3n) is 2.83. The lowest BCUT2D eigenvalue weighted by Crippen LogP contribution is -2.33. The Labute approximate surface area is 106 Å². The van der Waals surface area contributed by atoms with Crippen LogP contribution in [0.5, 0.6) is 5.75 Å². The molecule has 96 valence electrons. The Morgan fingerprint density at radius 1 is 1.26 bits per heavy atom. The highest BCUT2D eigenvalue weighted by Crippen LogP contribution is 2.15. The molecule has 0 aliphatic rings. The molecule has 0 aliphatic carbocycles. The smallest absolute Gasteiger partial charge is 0.335 e. The van der Waals surface area contributed by atoms with E-state index in [-0.39, 0.29) is 5.88 Å². The molecule has 0 aliphatic heterocycles. The Balaban J connectivity index is 2.39. The highest BCUT2D eigenvalue weighted by molar-refractivity contribution is 5.79. The third kappa shape index (κ3) is 1.74. The fraction of sp³-hybridized carbons (Fsp3) is 0.0769. The molecule has 0 saturated carbocycles. The van der Waals surface area contributed by atoms with Gasteiger partial charge in [-0.3, -0.25) is 4.79 Å². The summed E-state index contributed by atoms with van der Waals surface area (Å²) in [5.41, 5.74) is -0.561. The molecule has 19 heavy (non-hydrogen) atoms. The standard InChI is InChI=1S/C13H10N2O4/c1-18-8-4-5-9-10(7-8)14-13(17)15(12(9)16)11-3-2-6-19-11/h2-7H,1H3,(H,14,17). The van der Waals surface area contributed by atoms with Crippen molar-refractivity contribution in [3.63, 3.8) is 0 Å². The van der Waals surface area contributed by atoms with Gasteiger partial charge in [0.15, 0.2) is 0 Å². The van der Waals surface area contributed by atoms with Crippen LogP contribution in [0.25, 0.3) is 16.8 Å². The maximum atomic E-state index is 12.3. The van der Waals surface area contributed by atoms with Crippen molar-refractivity contribution in [3.8, 4) is 11.6 Å². The van der Waals surface area contributed by atoms with Crippen LogP contribution >= 0.6 is 0 Å². The average molecular weight is 258 g/mol. The SMILES string of the molecule is COc1ccc2c(=O)n(-c3ccco3)c(=O)[nH]c2c1. The van der Waals surface area contributed by atoms with Gasteiger partial charge >= 0.3 is 5.69 Å². The van der Waals surface area contributed by atoms with Gasteiger partial charge in [-0.15, -0.1) is 0 Å². The van der Waals surface area contributed by atoms with Crippen molar-refractivity contribution in [2.24, 2.45) is 0 Å². The molecule has 2 aromatic heterocycles. The second-order valence-corrected chi connectivity index (χ2v) is 3.93. The average Bonchev–Trinajstić information content (AvgIpc) is 2.91. The molecule has 0 atom stereocenters. The number of H-pyrrole nitrogens is 1. The zero-order valence-electron chi connectivity index (χ0n) is 10.0. The summed E-state index contributed by atoms with van der Waals surface area (Å²) in [6, 6.07) is 8.02. The number of ether oxygens (including phenoxy) is 1. The fourth-order valence-electron chi connectivity index (χ4n) is 1.92. The van der Waals surface area contributed by atoms with Crippen LogP contribution in [0.1, 0.15) is 0 Å². The summed E-state index contributed by atoms with van der Waals surface area (Å²) in [7, 11) is 1.52. The van der Waals surface area contributed by atoms with E-state index in [2.05, 4.69) is 4.98 Å². The first-order valence-electron chi connectivity index (χ1n) is 5.57. The monoisotopic (exact) mass is 258 g/mol. The molecule has 3 aromatic rings. The van der Waals surface area contributed by atoms with E-state index in [0.29, 0.717) is 16.7 Å². The number of aromatic amines is 1. The molecule has 0 fully saturated rings. The zero-order chi connectivity index (χ0) is 13.4. The van der Waals surface area contributed by atoms with E-state index in [4.69, 9.17) is 9.15 Å². The number of methoxy groups -OCH3 is 1. The molecule has 0 radical (unpaired) electrons. The largest absolute Gasteiger partial charge is 0.497 e. The number of rotatable bonds is 2. The molecule has 1 aromatic carbocycles. The van der Waals surface area contributed by atoms with Crippen LogP contribution < -0.4 is 16.0 Å². The number of hydrogen-bond acceptors (Lipinski definition) is 4. The summed E-state index contributed by atoms with van der Waals surface area (Å²) in [5, 5.41) is 0.386. The normalized spacial score (nSPS) is 10.8. The first-order valence-corrected chi connectivity index (χ1v) is 5.57. The molecule has 1 N–H and O–H groups in total. The van der Waals surface area contributed by atoms with Gasteiger partial charge in [0.25, 0.3) is 5.56 Å². The quantitative estimate of drug-likeness (QED) is 0.751. The first kappa shape index (κ1) is 11.3. The van der Waals surface area contributed by atoms with Crippen LogP contribution in [0, 0.1) is 0 Å². The Morgan fingerprint density at radius 3 is 2.79 bits per heavy atom. The topological polar surface area (TPSA) is 77.2 Å². The third-order valence-corrected chi connectivity index (χ3v) is 2.83. The van der Waals surface area contributed by atoms with Crippen LogP contribution in [0.15, 0.2) is 50.6 Å². The molecule has 6 heteroatoms. The molecule has 0 bridgehead atoms. The number of fused-ring (bicyclic) bond motifs is 1. The Bertz CT molecular complexity index is 843. The summed E-state index contributed by atoms with van der Waals surface area (Å²) >= 11 is 0. The van der Waals surface area contributed by atoms with E-state index in [1.165, 1.54) is 13.4 Å². The van der Waals surface area contributed by atoms with E-state index >= 15 is 0 Å². The van der Waals surface area contributed by atoms with E-state index < -0.39 is 11.2 Å². The summed E-state index contributed by atoms with van der Waals surface area (Å²) in [6.45, 7) is 0. The maximum absolute atomic E-state index is 12.3. The number of aromatic nitrogens is 2. The highest BCUT2D eigenvalue weighted by Gasteiger charge is 2.11. The van der Waals surface area contributed by atoms with Crippen molar-refractivity contribution >= 4 is 10.9 Å². The molecule has 0 amide bonds. The second-order valence-electron chi connectivity index (χ2n) is 3.93. The Morgan fingerprint density at radius 2 is 2.11 bits per heavy atom. The predicted molar refractivity (Wildman–Crippen MR) is 69.0 cm³/mol. The minimum absolute atomic E-state index is 0.184. The molecule has 0 spiro atoms. The molecule has 6 nitrogen and oxygen atoms in total. The summed E-state index contributed by atoms with van der Waals surface area (Å²) in [5.74, 6) is 0.752. The molecule has 3 rings (SSSR count). The Kier molecular flexibility index (Phi) is 2.49. The van der Waals surface area contributed by atoms with Gasteiger partial charge in [-0.2, -0.15) is 4.57 Å². The number of hydrogen-bond donors (Lipinski definition) is 1. The van der Waals surface area contributed by atoms with Crippen molar-refractivity contribution in [1.29, 1.82) is 0 Å². The number of benzene rings is 1. The minimum Gasteiger partial charge on any atom is -0.497 e. The number of nitrogens with zero attached hydrogens (tertiary/aromatic N) is 1. The molecule has 2 heterocycles. The van der Waals surface area contributed by atoms with Gasteiger partial charge in [0.05, 0.1) is 24.3 Å². The molecular formula is C13H10N2O4. The first-order chi connectivity index (χ1) is 9.20. The summed E-state index contributed by atoms with van der Waals surface area (Å²) in [6.07, 6.45) is 1.40. The highest BCUT2D eigenvalue weighted by atomic mass is 16.5. The van der Waals surface area contributed by atoms with Gasteiger partial charge in [0.1, 0.15) is 5.75 Å². The van der Waals surface area contributed by atoms with Gasteiger partial charge in [-0.05, 0) is 18.2 Å². The summed E-state index contributed by atoms with van der Waals surface area (Å²) < 4.78 is 11.1. The van der Waals surface area contributed by atoms with Crippen LogP contribution in [0.4, 0.5) is 0 Å². The lowest BCUT2D eigenvalue weighted by atomic mass is 10.2. The Hall–Kier alpha value is -2.76. The summed E-state index contributed by atoms with van der Waals surface area (Å²) in [4.78, 5) is 26.9. The zero-order valence-corrected chi connectivity index (χ0v) is 10.0. The predicted octanol–water partition coefficient (Wildman–Crippen LogP) is 1.28. The van der Waals surface area contributed by atoms with Gasteiger partial charge in [0, 0.05) is 12.1 Å². The minimum atomic E-state index is -0.555. The van der Waals surface area contributed by atoms with Gasteiger partial charge in [-0.25, -0.2) is 4.79 Å². The lowest BCUT2D eigenvalue weighted by molar-refractivity contribution is 0.415. The number of furan rings is 1. The van der Waals surface area contributed by atoms with Crippen LogP contribution in [0.2, 0.25) is 0 Å². The number of nitrogens with one attached hydrogen (secondary N) is 1. The van der Waals surface area contributed by atoms with Gasteiger partial charge in [0.2, 0.25) is 5.88 Å². The van der Waals surface area contributed by atoms with Crippen LogP contribution in [-0.4, -0.2) is 16.7 Å². The fourth-order valence-corrected chi connectivity index (χ4v) is 1.92. The second kappa shape index (κ2) is 4.16. The van der Waals surface area contributed by atoms with Crippen LogP contribution in [-0.2, 0) is 0 Å². The van der Waals surface area contributed by atoms with Crippen LogP contribution in [0.3, 0.4) is 0 Å². The van der Waals surface area contributed by atoms with Crippen molar-refractivity contribution in [2.75, 3.05) is 7.11 Å². The van der Waals surface area contributed by atoms with Crippen molar-refractivity contribution in [2.45, 2.75) is 0 Å². The molecule has 0 saturated heterocycles. The lowest BCUT2D eigenvalue weighted by Gasteiger charge is -2.05. The van der Waals surface area contributed by atoms with E-state index in [1.54, 1.807) is 30.3 Å². The maximum Gasteiger partial charge on any atom is 0.335 e. The van der Waals surface area contributed by atoms with Gasteiger partial charge < -0.3 is 14.1 Å². The molecule has 0 unspecified atom stereocenters. The van der Waals surface area contributed by atoms with Crippen molar-refractivity contribution in [3.05, 3.63) is 57.4 Å². The van der Waals surface area contributed by atoms with Gasteiger partial charge in [-0.1, -0.05) is 0 Å². The van der Waals surface area contributed by atoms with E-state index in [0.717, 1.165) is 4.57 Å².